The third-order valence-corrected chi connectivity index (χ3v) is 3.97. The smallest absolute Gasteiger partial charge is 0.258 e. The lowest BCUT2D eigenvalue weighted by Gasteiger charge is -2.16. The molecule has 0 aliphatic carbocycles. The van der Waals surface area contributed by atoms with Gasteiger partial charge in [0.2, 0.25) is 0 Å². The van der Waals surface area contributed by atoms with Crippen LogP contribution in [0, 0.1) is 6.92 Å². The van der Waals surface area contributed by atoms with Crippen LogP contribution < -0.4 is 10.3 Å². The van der Waals surface area contributed by atoms with E-state index in [0.29, 0.717) is 0 Å². The summed E-state index contributed by atoms with van der Waals surface area (Å²) in [4.78, 5) is 12.4. The Balaban J connectivity index is 2.51. The van der Waals surface area contributed by atoms with Crippen LogP contribution in [0.2, 0.25) is 0 Å². The summed E-state index contributed by atoms with van der Waals surface area (Å²) in [5.41, 5.74) is 3.01. The summed E-state index contributed by atoms with van der Waals surface area (Å²) in [6.07, 6.45) is 0. The fourth-order valence-electron chi connectivity index (χ4n) is 2.77. The zero-order valence-electron chi connectivity index (χ0n) is 12.4. The first-order chi connectivity index (χ1) is 10.1. The van der Waals surface area contributed by atoms with E-state index in [-0.39, 0.29) is 5.56 Å². The summed E-state index contributed by atoms with van der Waals surface area (Å²) in [6.45, 7) is 1.97. The van der Waals surface area contributed by atoms with Gasteiger partial charge < -0.3 is 9.30 Å². The molecule has 0 aliphatic heterocycles. The summed E-state index contributed by atoms with van der Waals surface area (Å²) < 4.78 is 7.18. The van der Waals surface area contributed by atoms with Gasteiger partial charge in [0.25, 0.3) is 5.56 Å². The second-order valence-electron chi connectivity index (χ2n) is 5.07. The van der Waals surface area contributed by atoms with Gasteiger partial charge in [0.15, 0.2) is 0 Å². The molecule has 21 heavy (non-hydrogen) atoms. The fraction of sp³-hybridized carbons (Fsp3) is 0.167. The van der Waals surface area contributed by atoms with Crippen LogP contribution in [0.5, 0.6) is 5.75 Å². The number of benzene rings is 2. The second-order valence-corrected chi connectivity index (χ2v) is 5.07. The second kappa shape index (κ2) is 5.09. The van der Waals surface area contributed by atoms with Gasteiger partial charge in [-0.25, -0.2) is 0 Å². The molecular weight excluding hydrogens is 262 g/mol. The molecule has 0 atom stereocenters. The van der Waals surface area contributed by atoms with Crippen molar-refractivity contribution in [2.75, 3.05) is 7.11 Å². The number of hydrogen-bond acceptors (Lipinski definition) is 2. The van der Waals surface area contributed by atoms with Gasteiger partial charge in [-0.3, -0.25) is 4.79 Å². The van der Waals surface area contributed by atoms with Crippen molar-refractivity contribution in [3.63, 3.8) is 0 Å². The molecule has 0 saturated heterocycles. The molecule has 3 nitrogen and oxygen atoms in total. The number of para-hydroxylation sites is 1. The van der Waals surface area contributed by atoms with Gasteiger partial charge in [0.1, 0.15) is 5.75 Å². The van der Waals surface area contributed by atoms with Crippen molar-refractivity contribution in [1.82, 2.24) is 4.57 Å². The van der Waals surface area contributed by atoms with E-state index in [4.69, 9.17) is 4.74 Å². The number of fused-ring (bicyclic) bond motifs is 1. The zero-order valence-corrected chi connectivity index (χ0v) is 12.4. The Bertz CT molecular complexity index is 878. The Labute approximate surface area is 123 Å². The van der Waals surface area contributed by atoms with Crippen LogP contribution in [0.25, 0.3) is 21.9 Å². The van der Waals surface area contributed by atoms with Gasteiger partial charge in [-0.05, 0) is 24.4 Å². The highest BCUT2D eigenvalue weighted by Gasteiger charge is 2.15. The molecule has 0 amide bonds. The summed E-state index contributed by atoms with van der Waals surface area (Å²) in [6, 6.07) is 15.6. The summed E-state index contributed by atoms with van der Waals surface area (Å²) in [7, 11) is 3.47. The van der Waals surface area contributed by atoms with Crippen molar-refractivity contribution >= 4 is 10.8 Å². The van der Waals surface area contributed by atoms with Gasteiger partial charge in [-0.1, -0.05) is 36.4 Å². The molecule has 3 rings (SSSR count). The highest BCUT2D eigenvalue weighted by molar-refractivity contribution is 5.98. The molecule has 0 spiro atoms. The summed E-state index contributed by atoms with van der Waals surface area (Å²) in [5.74, 6) is 0.810. The number of aromatic nitrogens is 1. The minimum atomic E-state index is 0.0294. The molecule has 0 N–H and O–H groups in total. The Hall–Kier alpha value is -2.55. The molecule has 2 aromatic carbocycles. The summed E-state index contributed by atoms with van der Waals surface area (Å²) >= 11 is 0. The highest BCUT2D eigenvalue weighted by Crippen LogP contribution is 2.35. The van der Waals surface area contributed by atoms with Crippen LogP contribution in [-0.4, -0.2) is 11.7 Å². The molecule has 3 heteroatoms. The maximum absolute atomic E-state index is 12.4. The predicted octanol–water partition coefficient (Wildman–Crippen LogP) is 3.52. The van der Waals surface area contributed by atoms with E-state index in [1.807, 2.05) is 62.5 Å². The largest absolute Gasteiger partial charge is 0.496 e. The summed E-state index contributed by atoms with van der Waals surface area (Å²) in [5, 5.41) is 1.69. The molecular formula is C18H17NO2. The van der Waals surface area contributed by atoms with Crippen molar-refractivity contribution < 1.29 is 4.74 Å². The number of rotatable bonds is 2. The number of nitrogens with zero attached hydrogens (tertiary/aromatic N) is 1. The number of hydrogen-bond donors (Lipinski definition) is 0. The third kappa shape index (κ3) is 2.02. The lowest BCUT2D eigenvalue weighted by atomic mass is 9.96. The maximum Gasteiger partial charge on any atom is 0.258 e. The lowest BCUT2D eigenvalue weighted by Crippen LogP contribution is -2.20. The Morgan fingerprint density at radius 1 is 0.952 bits per heavy atom. The van der Waals surface area contributed by atoms with Crippen LogP contribution in [-0.2, 0) is 7.05 Å². The van der Waals surface area contributed by atoms with E-state index >= 15 is 0 Å². The van der Waals surface area contributed by atoms with Gasteiger partial charge in [0.05, 0.1) is 7.11 Å². The first-order valence-electron chi connectivity index (χ1n) is 6.87. The van der Waals surface area contributed by atoms with Gasteiger partial charge in [-0.2, -0.15) is 0 Å². The predicted molar refractivity (Wildman–Crippen MR) is 85.9 cm³/mol. The molecule has 106 valence electrons. The van der Waals surface area contributed by atoms with Gasteiger partial charge in [0, 0.05) is 29.3 Å². The normalized spacial score (nSPS) is 10.8. The minimum Gasteiger partial charge on any atom is -0.496 e. The topological polar surface area (TPSA) is 31.2 Å². The van der Waals surface area contributed by atoms with Crippen molar-refractivity contribution in [2.24, 2.45) is 7.05 Å². The van der Waals surface area contributed by atoms with E-state index in [0.717, 1.165) is 33.3 Å². The van der Waals surface area contributed by atoms with Gasteiger partial charge >= 0.3 is 0 Å². The van der Waals surface area contributed by atoms with E-state index in [1.165, 1.54) is 0 Å². The van der Waals surface area contributed by atoms with E-state index in [2.05, 4.69) is 0 Å². The Kier molecular flexibility index (Phi) is 3.26. The average Bonchev–Trinajstić information content (AvgIpc) is 2.53. The SMILES string of the molecule is COc1ccccc1-c1c(C)n(C)c(=O)c2ccccc12. The highest BCUT2D eigenvalue weighted by atomic mass is 16.5. The zero-order chi connectivity index (χ0) is 15.0. The van der Waals surface area contributed by atoms with E-state index in [1.54, 1.807) is 11.7 Å². The quantitative estimate of drug-likeness (QED) is 0.718. The van der Waals surface area contributed by atoms with Crippen LogP contribution in [0.3, 0.4) is 0 Å². The molecule has 0 saturated carbocycles. The first kappa shape index (κ1) is 13.4. The minimum absolute atomic E-state index is 0.0294. The average molecular weight is 279 g/mol. The fourth-order valence-corrected chi connectivity index (χ4v) is 2.77. The number of ether oxygens (including phenoxy) is 1. The maximum atomic E-state index is 12.4. The lowest BCUT2D eigenvalue weighted by molar-refractivity contribution is 0.416. The van der Waals surface area contributed by atoms with E-state index < -0.39 is 0 Å². The van der Waals surface area contributed by atoms with Crippen molar-refractivity contribution in [3.8, 4) is 16.9 Å². The number of pyridine rings is 1. The molecule has 0 unspecified atom stereocenters. The number of methoxy groups -OCH3 is 1. The van der Waals surface area contributed by atoms with Gasteiger partial charge in [-0.15, -0.1) is 0 Å². The van der Waals surface area contributed by atoms with Crippen molar-refractivity contribution in [1.29, 1.82) is 0 Å². The molecule has 0 fully saturated rings. The Morgan fingerprint density at radius 2 is 1.57 bits per heavy atom. The van der Waals surface area contributed by atoms with Crippen LogP contribution in [0.4, 0.5) is 0 Å². The van der Waals surface area contributed by atoms with Crippen molar-refractivity contribution in [3.05, 3.63) is 64.6 Å². The molecule has 1 aromatic heterocycles. The van der Waals surface area contributed by atoms with Crippen molar-refractivity contribution in [2.45, 2.75) is 6.92 Å². The molecule has 3 aromatic rings. The Morgan fingerprint density at radius 3 is 2.29 bits per heavy atom. The molecule has 0 radical (unpaired) electrons. The first-order valence-corrected chi connectivity index (χ1v) is 6.87. The van der Waals surface area contributed by atoms with Crippen LogP contribution >= 0.6 is 0 Å². The molecule has 0 bridgehead atoms. The standard InChI is InChI=1S/C18H17NO2/c1-12-17(15-10-6-7-11-16(15)21-3)13-8-4-5-9-14(13)18(20)19(12)2/h4-11H,1-3H3. The van der Waals surface area contributed by atoms with Crippen LogP contribution in [0.1, 0.15) is 5.69 Å². The van der Waals surface area contributed by atoms with Crippen LogP contribution in [0.15, 0.2) is 53.3 Å². The molecule has 0 aliphatic rings. The monoisotopic (exact) mass is 279 g/mol. The third-order valence-electron chi connectivity index (χ3n) is 3.97. The molecule has 1 heterocycles. The van der Waals surface area contributed by atoms with E-state index in [9.17, 15) is 4.79 Å².